The molecule has 0 atom stereocenters. The van der Waals surface area contributed by atoms with Gasteiger partial charge in [0.1, 0.15) is 0 Å². The van der Waals surface area contributed by atoms with Crippen molar-refractivity contribution in [2.45, 2.75) is 13.8 Å². The molecular weight excluding hydrogens is 210 g/mol. The van der Waals surface area contributed by atoms with Gasteiger partial charge in [0.2, 0.25) is 11.8 Å². The summed E-state index contributed by atoms with van der Waals surface area (Å²) < 4.78 is 4.25. The first-order valence-corrected chi connectivity index (χ1v) is 4.72. The Hall–Kier alpha value is -1.14. The molecule has 0 aliphatic rings. The zero-order chi connectivity index (χ0) is 14.0. The molecule has 0 aromatic rings. The number of rotatable bonds is 0. The Morgan fingerprint density at radius 2 is 0.875 bits per heavy atom. The number of ether oxygens (including phenoxy) is 1. The van der Waals surface area contributed by atoms with Crippen molar-refractivity contribution in [2.24, 2.45) is 0 Å². The molecule has 0 rings (SSSR count). The average molecular weight is 237 g/mol. The van der Waals surface area contributed by atoms with Crippen LogP contribution in [-0.2, 0) is 14.3 Å². The van der Waals surface area contributed by atoms with Crippen LogP contribution in [0.4, 0.5) is 0 Å². The van der Waals surface area contributed by atoms with Crippen LogP contribution in [-0.4, -0.2) is 54.2 Å². The van der Waals surface area contributed by atoms with E-state index >= 15 is 0 Å². The maximum Gasteiger partial charge on any atom is 0.216 e. The molecule has 6 heteroatoms. The summed E-state index contributed by atoms with van der Waals surface area (Å²) in [5.74, 6) is 0.00926. The van der Waals surface area contributed by atoms with Gasteiger partial charge in [-0.1, -0.05) is 0 Å². The number of hydrogen-bond donors (Lipinski definition) is 3. The third-order valence-electron chi connectivity index (χ3n) is 0.704. The zero-order valence-corrected chi connectivity index (χ0v) is 11.7. The Morgan fingerprint density at radius 1 is 0.812 bits per heavy atom. The van der Waals surface area contributed by atoms with Gasteiger partial charge in [-0.15, -0.1) is 0 Å². The van der Waals surface area contributed by atoms with Crippen molar-refractivity contribution in [3.05, 3.63) is 0 Å². The molecule has 0 saturated heterocycles. The van der Waals surface area contributed by atoms with Gasteiger partial charge < -0.3 is 20.7 Å². The van der Waals surface area contributed by atoms with Crippen LogP contribution in [0.1, 0.15) is 13.8 Å². The predicted molar refractivity (Wildman–Crippen MR) is 67.4 cm³/mol. The third kappa shape index (κ3) is 221. The molecule has 0 aromatic heterocycles. The van der Waals surface area contributed by atoms with Crippen LogP contribution in [0.3, 0.4) is 0 Å². The van der Waals surface area contributed by atoms with Crippen LogP contribution in [0.15, 0.2) is 0 Å². The highest BCUT2D eigenvalue weighted by atomic mass is 16.4. The summed E-state index contributed by atoms with van der Waals surface area (Å²) in [6.45, 7) is 2.94. The number of methoxy groups -OCH3 is 1. The minimum absolute atomic E-state index is 0.00463. The summed E-state index contributed by atoms with van der Waals surface area (Å²) in [5, 5.41) is 7.53. The Bertz CT molecular complexity index is 125. The van der Waals surface area contributed by atoms with Gasteiger partial charge in [-0.05, 0) is 14.1 Å². The molecule has 0 unspecified atom stereocenters. The molecule has 100 valence electrons. The summed E-state index contributed by atoms with van der Waals surface area (Å²) in [7, 11) is 10.2. The molecule has 0 aliphatic carbocycles. The van der Waals surface area contributed by atoms with Crippen molar-refractivity contribution < 1.29 is 14.3 Å². The zero-order valence-electron chi connectivity index (χ0n) is 11.7. The van der Waals surface area contributed by atoms with Gasteiger partial charge in [-0.25, -0.2) is 0 Å². The Labute approximate surface area is 99.1 Å². The molecule has 0 radical (unpaired) electrons. The number of carbonyl (C=O) groups excluding carboxylic acids is 2. The van der Waals surface area contributed by atoms with Crippen molar-refractivity contribution in [3.63, 3.8) is 0 Å². The van der Waals surface area contributed by atoms with Crippen LogP contribution in [0, 0.1) is 0 Å². The van der Waals surface area contributed by atoms with Crippen LogP contribution in [0.5, 0.6) is 0 Å². The summed E-state index contributed by atoms with van der Waals surface area (Å²) in [6, 6.07) is 0. The highest BCUT2D eigenvalue weighted by Gasteiger charge is 1.73. The molecule has 0 heterocycles. The van der Waals surface area contributed by atoms with E-state index < -0.39 is 0 Å². The van der Waals surface area contributed by atoms with E-state index in [0.717, 1.165) is 0 Å². The SMILES string of the molecule is CNC.CNC(C)=O.CNC(C)=O.COC. The Morgan fingerprint density at radius 3 is 0.875 bits per heavy atom. The largest absolute Gasteiger partial charge is 0.388 e. The molecule has 0 aromatic carbocycles. The molecule has 0 saturated carbocycles. The Balaban J connectivity index is -0.0000000621. The fourth-order valence-corrected chi connectivity index (χ4v) is 0. The van der Waals surface area contributed by atoms with E-state index in [2.05, 4.69) is 20.7 Å². The molecule has 0 aliphatic heterocycles. The van der Waals surface area contributed by atoms with Crippen LogP contribution < -0.4 is 16.0 Å². The van der Waals surface area contributed by atoms with Crippen LogP contribution >= 0.6 is 0 Å². The number of hydrogen-bond acceptors (Lipinski definition) is 4. The molecule has 3 N–H and O–H groups in total. The standard InChI is InChI=1S/2C3H7NO.C2H7N.C2H6O/c2*1-3(5)4-2;2*1-3-2/h2*1-2H3,(H,4,5);3H,1-2H3;1-2H3. The van der Waals surface area contributed by atoms with Crippen molar-refractivity contribution in [1.82, 2.24) is 16.0 Å². The van der Waals surface area contributed by atoms with E-state index in [4.69, 9.17) is 0 Å². The topological polar surface area (TPSA) is 79.5 Å². The molecular formula is C10H27N3O3. The van der Waals surface area contributed by atoms with Crippen molar-refractivity contribution in [2.75, 3.05) is 42.4 Å². The van der Waals surface area contributed by atoms with E-state index in [-0.39, 0.29) is 11.8 Å². The van der Waals surface area contributed by atoms with Gasteiger partial charge in [0.15, 0.2) is 0 Å². The van der Waals surface area contributed by atoms with Gasteiger partial charge in [-0.2, -0.15) is 0 Å². The fourth-order valence-electron chi connectivity index (χ4n) is 0. The lowest BCUT2D eigenvalue weighted by Crippen LogP contribution is -2.11. The monoisotopic (exact) mass is 237 g/mol. The molecule has 0 spiro atoms. The van der Waals surface area contributed by atoms with E-state index in [1.54, 1.807) is 28.3 Å². The first-order valence-electron chi connectivity index (χ1n) is 4.72. The highest BCUT2D eigenvalue weighted by Crippen LogP contribution is 1.45. The van der Waals surface area contributed by atoms with Gasteiger partial charge >= 0.3 is 0 Å². The number of carbonyl (C=O) groups is 2. The lowest BCUT2D eigenvalue weighted by atomic mass is 10.7. The first kappa shape index (κ1) is 24.2. The molecule has 0 bridgehead atoms. The van der Waals surface area contributed by atoms with Crippen LogP contribution in [0.25, 0.3) is 0 Å². The molecule has 0 fully saturated rings. The summed E-state index contributed by atoms with van der Waals surface area (Å²) >= 11 is 0. The minimum atomic E-state index is 0.00463. The number of nitrogens with one attached hydrogen (secondary N) is 3. The third-order valence-corrected chi connectivity index (χ3v) is 0.704. The maximum absolute atomic E-state index is 9.70. The lowest BCUT2D eigenvalue weighted by Gasteiger charge is -1.80. The normalized spacial score (nSPS) is 6.50. The van der Waals surface area contributed by atoms with Gasteiger partial charge in [0.25, 0.3) is 0 Å². The maximum atomic E-state index is 9.70. The number of amides is 2. The molecule has 2 amide bonds. The lowest BCUT2D eigenvalue weighted by molar-refractivity contribution is -0.119. The molecule has 6 nitrogen and oxygen atoms in total. The van der Waals surface area contributed by atoms with Gasteiger partial charge in [-0.3, -0.25) is 9.59 Å². The predicted octanol–water partition coefficient (Wildman–Crippen LogP) is -0.397. The van der Waals surface area contributed by atoms with Crippen LogP contribution in [0.2, 0.25) is 0 Å². The smallest absolute Gasteiger partial charge is 0.216 e. The van der Waals surface area contributed by atoms with E-state index in [9.17, 15) is 9.59 Å². The van der Waals surface area contributed by atoms with E-state index in [0.29, 0.717) is 0 Å². The second kappa shape index (κ2) is 29.2. The minimum Gasteiger partial charge on any atom is -0.388 e. The van der Waals surface area contributed by atoms with Crippen molar-refractivity contribution in [1.29, 1.82) is 0 Å². The summed E-state index contributed by atoms with van der Waals surface area (Å²) in [5.41, 5.74) is 0. The van der Waals surface area contributed by atoms with Crippen molar-refractivity contribution >= 4 is 11.8 Å². The quantitative estimate of drug-likeness (QED) is 0.536. The summed E-state index contributed by atoms with van der Waals surface area (Å²) in [4.78, 5) is 19.4. The summed E-state index contributed by atoms with van der Waals surface area (Å²) in [6.07, 6.45) is 0. The van der Waals surface area contributed by atoms with E-state index in [1.165, 1.54) is 13.8 Å². The second-order valence-corrected chi connectivity index (χ2v) is 2.52. The fraction of sp³-hybridized carbons (Fsp3) is 0.800. The Kier molecular flexibility index (Phi) is 44.2. The highest BCUT2D eigenvalue weighted by molar-refractivity contribution is 5.72. The first-order chi connectivity index (χ1) is 7.37. The molecule has 16 heavy (non-hydrogen) atoms. The van der Waals surface area contributed by atoms with Gasteiger partial charge in [0.05, 0.1) is 0 Å². The van der Waals surface area contributed by atoms with Crippen molar-refractivity contribution in [3.8, 4) is 0 Å². The van der Waals surface area contributed by atoms with Gasteiger partial charge in [0, 0.05) is 42.2 Å². The second-order valence-electron chi connectivity index (χ2n) is 2.52. The average Bonchev–Trinajstić information content (AvgIpc) is 2.21. The van der Waals surface area contributed by atoms with E-state index in [1.807, 2.05) is 14.1 Å².